The van der Waals surface area contributed by atoms with Crippen molar-refractivity contribution in [3.05, 3.63) is 29.8 Å². The maximum Gasteiger partial charge on any atom is 0.251 e. The van der Waals surface area contributed by atoms with Crippen molar-refractivity contribution in [3.8, 4) is 0 Å². The first-order chi connectivity index (χ1) is 11.7. The second-order valence-electron chi connectivity index (χ2n) is 6.00. The van der Waals surface area contributed by atoms with Gasteiger partial charge in [-0.25, -0.2) is 0 Å². The maximum atomic E-state index is 12.1. The van der Waals surface area contributed by atoms with Gasteiger partial charge >= 0.3 is 0 Å². The number of rotatable bonds is 9. The molecule has 1 aliphatic heterocycles. The van der Waals surface area contributed by atoms with Crippen LogP contribution in [0.15, 0.2) is 24.3 Å². The summed E-state index contributed by atoms with van der Waals surface area (Å²) >= 11 is 0. The van der Waals surface area contributed by atoms with Crippen LogP contribution in [0.2, 0.25) is 0 Å². The topological polar surface area (TPSA) is 79.5 Å². The van der Waals surface area contributed by atoms with Gasteiger partial charge in [0.15, 0.2) is 0 Å². The molecule has 1 atom stereocenters. The zero-order valence-electron chi connectivity index (χ0n) is 14.3. The number of carbonyl (C=O) groups is 2. The Morgan fingerprint density at radius 2 is 2.04 bits per heavy atom. The number of unbranched alkanes of at least 4 members (excludes halogenated alkanes) is 1. The van der Waals surface area contributed by atoms with Crippen molar-refractivity contribution in [2.75, 3.05) is 31.6 Å². The summed E-state index contributed by atoms with van der Waals surface area (Å²) in [5, 5.41) is 8.78. The molecule has 0 spiro atoms. The molecule has 1 fully saturated rings. The van der Waals surface area contributed by atoms with E-state index in [4.69, 9.17) is 4.74 Å². The number of anilines is 1. The average molecular weight is 333 g/mol. The standard InChI is InChI=1S/C18H27N3O3/c1-2-3-10-19-13-17(22)21-15-8-6-14(7-9-15)18(23)20-12-16-5-4-11-24-16/h6-9,16,19H,2-5,10-13H2,1H3,(H,20,23)(H,21,22). The van der Waals surface area contributed by atoms with E-state index >= 15 is 0 Å². The largest absolute Gasteiger partial charge is 0.376 e. The van der Waals surface area contributed by atoms with E-state index in [0.29, 0.717) is 24.3 Å². The van der Waals surface area contributed by atoms with Gasteiger partial charge in [0.05, 0.1) is 12.6 Å². The van der Waals surface area contributed by atoms with Crippen LogP contribution in [-0.4, -0.2) is 44.2 Å². The summed E-state index contributed by atoms with van der Waals surface area (Å²) in [5.41, 5.74) is 1.26. The molecule has 2 rings (SSSR count). The molecule has 1 aromatic rings. The van der Waals surface area contributed by atoms with Crippen molar-refractivity contribution < 1.29 is 14.3 Å². The second-order valence-corrected chi connectivity index (χ2v) is 6.00. The summed E-state index contributed by atoms with van der Waals surface area (Å²) < 4.78 is 5.48. The molecule has 1 saturated heterocycles. The highest BCUT2D eigenvalue weighted by Crippen LogP contribution is 2.12. The molecule has 3 N–H and O–H groups in total. The van der Waals surface area contributed by atoms with Gasteiger partial charge < -0.3 is 20.7 Å². The molecule has 6 nitrogen and oxygen atoms in total. The molecular weight excluding hydrogens is 306 g/mol. The molecule has 0 bridgehead atoms. The fraction of sp³-hybridized carbons (Fsp3) is 0.556. The smallest absolute Gasteiger partial charge is 0.251 e. The Morgan fingerprint density at radius 1 is 1.25 bits per heavy atom. The SMILES string of the molecule is CCCCNCC(=O)Nc1ccc(C(=O)NCC2CCCO2)cc1. The van der Waals surface area contributed by atoms with Crippen LogP contribution in [0.1, 0.15) is 43.0 Å². The third kappa shape index (κ3) is 6.29. The van der Waals surface area contributed by atoms with Crippen molar-refractivity contribution >= 4 is 17.5 Å². The highest BCUT2D eigenvalue weighted by molar-refractivity contribution is 5.96. The highest BCUT2D eigenvalue weighted by Gasteiger charge is 2.16. The summed E-state index contributed by atoms with van der Waals surface area (Å²) in [6.45, 7) is 4.57. The van der Waals surface area contributed by atoms with Gasteiger partial charge in [-0.2, -0.15) is 0 Å². The Morgan fingerprint density at radius 3 is 2.71 bits per heavy atom. The molecule has 6 heteroatoms. The number of benzene rings is 1. The van der Waals surface area contributed by atoms with Crippen LogP contribution in [-0.2, 0) is 9.53 Å². The van der Waals surface area contributed by atoms with Gasteiger partial charge in [0.25, 0.3) is 5.91 Å². The van der Waals surface area contributed by atoms with Gasteiger partial charge in [-0.15, -0.1) is 0 Å². The molecule has 1 unspecified atom stereocenters. The Labute approximate surface area is 143 Å². The van der Waals surface area contributed by atoms with E-state index < -0.39 is 0 Å². The second kappa shape index (κ2) is 10.1. The van der Waals surface area contributed by atoms with E-state index in [1.807, 2.05) is 0 Å². The number of hydrogen-bond donors (Lipinski definition) is 3. The van der Waals surface area contributed by atoms with E-state index in [9.17, 15) is 9.59 Å². The predicted molar refractivity (Wildman–Crippen MR) is 94.2 cm³/mol. The number of ether oxygens (including phenoxy) is 1. The molecule has 0 radical (unpaired) electrons. The van der Waals surface area contributed by atoms with E-state index in [1.54, 1.807) is 24.3 Å². The maximum absolute atomic E-state index is 12.1. The van der Waals surface area contributed by atoms with E-state index in [1.165, 1.54) is 0 Å². The fourth-order valence-corrected chi connectivity index (χ4v) is 2.53. The van der Waals surface area contributed by atoms with E-state index in [-0.39, 0.29) is 17.9 Å². The summed E-state index contributed by atoms with van der Waals surface area (Å²) in [6, 6.07) is 6.91. The Balaban J connectivity index is 1.73. The van der Waals surface area contributed by atoms with Crippen LogP contribution in [0.5, 0.6) is 0 Å². The zero-order valence-corrected chi connectivity index (χ0v) is 14.3. The summed E-state index contributed by atoms with van der Waals surface area (Å²) in [5.74, 6) is -0.203. The lowest BCUT2D eigenvalue weighted by Gasteiger charge is -2.11. The number of nitrogens with one attached hydrogen (secondary N) is 3. The molecule has 1 heterocycles. The van der Waals surface area contributed by atoms with Crippen molar-refractivity contribution in [1.82, 2.24) is 10.6 Å². The fourth-order valence-electron chi connectivity index (χ4n) is 2.53. The minimum Gasteiger partial charge on any atom is -0.376 e. The normalized spacial score (nSPS) is 16.8. The Kier molecular flexibility index (Phi) is 7.71. The number of carbonyl (C=O) groups excluding carboxylic acids is 2. The first-order valence-electron chi connectivity index (χ1n) is 8.69. The lowest BCUT2D eigenvalue weighted by Crippen LogP contribution is -2.31. The van der Waals surface area contributed by atoms with Crippen molar-refractivity contribution in [3.63, 3.8) is 0 Å². The third-order valence-electron chi connectivity index (χ3n) is 3.94. The monoisotopic (exact) mass is 333 g/mol. The first-order valence-corrected chi connectivity index (χ1v) is 8.69. The van der Waals surface area contributed by atoms with Crippen LogP contribution in [0.25, 0.3) is 0 Å². The van der Waals surface area contributed by atoms with Crippen molar-refractivity contribution in [2.24, 2.45) is 0 Å². The molecule has 132 valence electrons. The third-order valence-corrected chi connectivity index (χ3v) is 3.94. The van der Waals surface area contributed by atoms with Crippen molar-refractivity contribution in [1.29, 1.82) is 0 Å². The number of hydrogen-bond acceptors (Lipinski definition) is 4. The molecule has 0 aromatic heterocycles. The Bertz CT molecular complexity index is 525. The van der Waals surface area contributed by atoms with Gasteiger partial charge in [-0.1, -0.05) is 13.3 Å². The Hall–Kier alpha value is -1.92. The average Bonchev–Trinajstić information content (AvgIpc) is 3.11. The molecular formula is C18H27N3O3. The van der Waals surface area contributed by atoms with Gasteiger partial charge in [-0.3, -0.25) is 9.59 Å². The minimum atomic E-state index is -0.121. The molecule has 24 heavy (non-hydrogen) atoms. The molecule has 1 aromatic carbocycles. The van der Waals surface area contributed by atoms with Crippen molar-refractivity contribution in [2.45, 2.75) is 38.7 Å². The first kappa shape index (κ1) is 18.4. The summed E-state index contributed by atoms with van der Waals surface area (Å²) in [4.78, 5) is 23.9. The molecule has 1 aliphatic rings. The molecule has 0 aliphatic carbocycles. The van der Waals surface area contributed by atoms with Crippen LogP contribution < -0.4 is 16.0 Å². The van der Waals surface area contributed by atoms with Crippen LogP contribution in [0.4, 0.5) is 5.69 Å². The summed E-state index contributed by atoms with van der Waals surface area (Å²) in [7, 11) is 0. The minimum absolute atomic E-state index is 0.0818. The number of amides is 2. The summed E-state index contributed by atoms with van der Waals surface area (Å²) in [6.07, 6.45) is 4.35. The highest BCUT2D eigenvalue weighted by atomic mass is 16.5. The molecule has 2 amide bonds. The molecule has 0 saturated carbocycles. The quantitative estimate of drug-likeness (QED) is 0.603. The van der Waals surface area contributed by atoms with Gasteiger partial charge in [0.2, 0.25) is 5.91 Å². The lowest BCUT2D eigenvalue weighted by atomic mass is 10.2. The lowest BCUT2D eigenvalue weighted by molar-refractivity contribution is -0.115. The predicted octanol–water partition coefficient (Wildman–Crippen LogP) is 1.92. The van der Waals surface area contributed by atoms with Gasteiger partial charge in [-0.05, 0) is 50.1 Å². The zero-order chi connectivity index (χ0) is 17.2. The van der Waals surface area contributed by atoms with E-state index in [2.05, 4.69) is 22.9 Å². The van der Waals surface area contributed by atoms with Crippen LogP contribution >= 0.6 is 0 Å². The van der Waals surface area contributed by atoms with Gasteiger partial charge in [0, 0.05) is 24.4 Å². The van der Waals surface area contributed by atoms with Crippen LogP contribution in [0, 0.1) is 0 Å². The van der Waals surface area contributed by atoms with Crippen LogP contribution in [0.3, 0.4) is 0 Å². The van der Waals surface area contributed by atoms with Gasteiger partial charge in [0.1, 0.15) is 0 Å². The van der Waals surface area contributed by atoms with E-state index in [0.717, 1.165) is 38.8 Å².